The fourth-order valence-corrected chi connectivity index (χ4v) is 3.36. The topological polar surface area (TPSA) is 9.23 Å². The number of hydrogen-bond donors (Lipinski definition) is 0. The van der Waals surface area contributed by atoms with E-state index in [-0.39, 0.29) is 0 Å². The molecule has 0 aliphatic heterocycles. The summed E-state index contributed by atoms with van der Waals surface area (Å²) in [7, 11) is 1.71. The molecule has 0 heterocycles. The number of methoxy groups -OCH3 is 1. The average Bonchev–Trinajstić information content (AvgIpc) is 2.08. The van der Waals surface area contributed by atoms with Crippen LogP contribution in [-0.4, -0.2) is 13.4 Å². The van der Waals surface area contributed by atoms with Crippen LogP contribution in [0.1, 0.15) is 0 Å². The Morgan fingerprint density at radius 2 is 2.00 bits per heavy atom. The van der Waals surface area contributed by atoms with Gasteiger partial charge in [-0.15, -0.1) is 11.8 Å². The highest BCUT2D eigenvalue weighted by Crippen LogP contribution is 2.32. The maximum absolute atomic E-state index is 5.24. The van der Waals surface area contributed by atoms with Gasteiger partial charge < -0.3 is 4.74 Å². The van der Waals surface area contributed by atoms with Crippen LogP contribution < -0.4 is 4.74 Å². The summed E-state index contributed by atoms with van der Waals surface area (Å²) in [5.41, 5.74) is 0. The number of thioether (sulfide) groups is 1. The van der Waals surface area contributed by atoms with Gasteiger partial charge in [0.1, 0.15) is 5.75 Å². The first-order valence-corrected chi connectivity index (χ1v) is 6.64. The summed E-state index contributed by atoms with van der Waals surface area (Å²) in [6.07, 6.45) is 2.08. The molecule has 4 heteroatoms. The van der Waals surface area contributed by atoms with Gasteiger partial charge in [0.2, 0.25) is 0 Å². The fraction of sp³-hybridized carbons (Fsp3) is 0.250. The second-order valence-electron chi connectivity index (χ2n) is 2.12. The SMILES string of the molecule is COc1cc(I)cc(SC)c1I. The molecule has 0 saturated carbocycles. The lowest BCUT2D eigenvalue weighted by molar-refractivity contribution is 0.410. The molecule has 1 rings (SSSR count). The van der Waals surface area contributed by atoms with Crippen molar-refractivity contribution in [2.75, 3.05) is 13.4 Å². The van der Waals surface area contributed by atoms with Gasteiger partial charge in [0.25, 0.3) is 0 Å². The molecule has 0 aliphatic rings. The molecule has 0 aromatic heterocycles. The molecule has 0 spiro atoms. The van der Waals surface area contributed by atoms with Gasteiger partial charge in [-0.25, -0.2) is 0 Å². The molecule has 12 heavy (non-hydrogen) atoms. The predicted molar refractivity (Wildman–Crippen MR) is 70.2 cm³/mol. The first-order valence-electron chi connectivity index (χ1n) is 3.26. The second-order valence-corrected chi connectivity index (χ2v) is 5.30. The van der Waals surface area contributed by atoms with E-state index in [0.717, 1.165) is 5.75 Å². The van der Waals surface area contributed by atoms with Crippen molar-refractivity contribution in [1.29, 1.82) is 0 Å². The number of ether oxygens (including phenoxy) is 1. The van der Waals surface area contributed by atoms with Crippen LogP contribution in [0.25, 0.3) is 0 Å². The monoisotopic (exact) mass is 406 g/mol. The van der Waals surface area contributed by atoms with Crippen LogP contribution in [-0.2, 0) is 0 Å². The van der Waals surface area contributed by atoms with Crippen molar-refractivity contribution in [3.8, 4) is 5.75 Å². The number of rotatable bonds is 2. The fourth-order valence-electron chi connectivity index (χ4n) is 0.837. The van der Waals surface area contributed by atoms with Crippen molar-refractivity contribution in [3.05, 3.63) is 19.3 Å². The third kappa shape index (κ3) is 2.41. The van der Waals surface area contributed by atoms with Crippen molar-refractivity contribution in [3.63, 3.8) is 0 Å². The van der Waals surface area contributed by atoms with E-state index >= 15 is 0 Å². The summed E-state index contributed by atoms with van der Waals surface area (Å²) >= 11 is 6.35. The zero-order valence-electron chi connectivity index (χ0n) is 6.73. The lowest BCUT2D eigenvalue weighted by Crippen LogP contribution is -1.90. The Kier molecular flexibility index (Phi) is 4.45. The van der Waals surface area contributed by atoms with Gasteiger partial charge in [-0.05, 0) is 63.6 Å². The Hall–Kier alpha value is 0.830. The number of benzene rings is 1. The van der Waals surface area contributed by atoms with Crippen LogP contribution in [0.5, 0.6) is 5.75 Å². The molecule has 0 unspecified atom stereocenters. The van der Waals surface area contributed by atoms with Crippen LogP contribution in [0.15, 0.2) is 17.0 Å². The van der Waals surface area contributed by atoms with Crippen molar-refractivity contribution in [2.45, 2.75) is 4.90 Å². The van der Waals surface area contributed by atoms with Gasteiger partial charge in [-0.3, -0.25) is 0 Å². The maximum Gasteiger partial charge on any atom is 0.134 e. The minimum atomic E-state index is 0.965. The second kappa shape index (κ2) is 4.90. The van der Waals surface area contributed by atoms with Crippen LogP contribution in [0.2, 0.25) is 0 Å². The van der Waals surface area contributed by atoms with Gasteiger partial charge in [-0.1, -0.05) is 0 Å². The summed E-state index contributed by atoms with van der Waals surface area (Å²) in [6, 6.07) is 4.21. The molecule has 0 saturated heterocycles. The molecule has 0 N–H and O–H groups in total. The van der Waals surface area contributed by atoms with E-state index in [1.54, 1.807) is 18.9 Å². The third-order valence-electron chi connectivity index (χ3n) is 1.41. The molecule has 1 aromatic carbocycles. The smallest absolute Gasteiger partial charge is 0.134 e. The van der Waals surface area contributed by atoms with Crippen LogP contribution in [0, 0.1) is 7.14 Å². The molecule has 66 valence electrons. The highest BCUT2D eigenvalue weighted by molar-refractivity contribution is 14.1. The van der Waals surface area contributed by atoms with Gasteiger partial charge >= 0.3 is 0 Å². The Labute approximate surface area is 104 Å². The van der Waals surface area contributed by atoms with Crippen molar-refractivity contribution in [2.24, 2.45) is 0 Å². The normalized spacial score (nSPS) is 10.0. The zero-order valence-corrected chi connectivity index (χ0v) is 11.9. The molecule has 0 fully saturated rings. The van der Waals surface area contributed by atoms with E-state index in [9.17, 15) is 0 Å². The molecular formula is C8H8I2OS. The Morgan fingerprint density at radius 3 is 2.50 bits per heavy atom. The first kappa shape index (κ1) is 10.9. The summed E-state index contributed by atoms with van der Waals surface area (Å²) in [6.45, 7) is 0. The summed E-state index contributed by atoms with van der Waals surface area (Å²) in [5.74, 6) is 0.965. The van der Waals surface area contributed by atoms with Crippen LogP contribution in [0.4, 0.5) is 0 Å². The summed E-state index contributed by atoms with van der Waals surface area (Å²) in [5, 5.41) is 0. The molecule has 0 bridgehead atoms. The van der Waals surface area contributed by atoms with Gasteiger partial charge in [-0.2, -0.15) is 0 Å². The molecule has 1 aromatic rings. The largest absolute Gasteiger partial charge is 0.496 e. The van der Waals surface area contributed by atoms with E-state index in [2.05, 4.69) is 57.5 Å². The summed E-state index contributed by atoms with van der Waals surface area (Å²) in [4.78, 5) is 1.28. The van der Waals surface area contributed by atoms with Gasteiger partial charge in [0.05, 0.1) is 10.7 Å². The van der Waals surface area contributed by atoms with Gasteiger partial charge in [0, 0.05) is 8.47 Å². The van der Waals surface area contributed by atoms with E-state index in [1.165, 1.54) is 12.0 Å². The van der Waals surface area contributed by atoms with E-state index in [4.69, 9.17) is 4.74 Å². The molecular weight excluding hydrogens is 398 g/mol. The number of hydrogen-bond acceptors (Lipinski definition) is 2. The highest BCUT2D eigenvalue weighted by atomic mass is 127. The van der Waals surface area contributed by atoms with Crippen LogP contribution in [0.3, 0.4) is 0 Å². The standard InChI is InChI=1S/C8H8I2OS/c1-11-6-3-5(9)4-7(12-2)8(6)10/h3-4H,1-2H3. The predicted octanol–water partition coefficient (Wildman–Crippen LogP) is 3.63. The Morgan fingerprint density at radius 1 is 1.33 bits per heavy atom. The lowest BCUT2D eigenvalue weighted by Gasteiger charge is -2.07. The minimum absolute atomic E-state index is 0.965. The molecule has 0 aliphatic carbocycles. The highest BCUT2D eigenvalue weighted by Gasteiger charge is 2.06. The van der Waals surface area contributed by atoms with Crippen LogP contribution >= 0.6 is 56.9 Å². The maximum atomic E-state index is 5.24. The van der Waals surface area contributed by atoms with Crippen molar-refractivity contribution >= 4 is 56.9 Å². The first-order chi connectivity index (χ1) is 5.69. The van der Waals surface area contributed by atoms with Crippen molar-refractivity contribution < 1.29 is 4.74 Å². The Bertz CT molecular complexity index is 263. The summed E-state index contributed by atoms with van der Waals surface area (Å²) < 4.78 is 7.66. The molecule has 0 atom stereocenters. The zero-order chi connectivity index (χ0) is 9.14. The van der Waals surface area contributed by atoms with E-state index in [1.807, 2.05) is 6.07 Å². The lowest BCUT2D eigenvalue weighted by atomic mass is 10.3. The molecule has 0 radical (unpaired) electrons. The van der Waals surface area contributed by atoms with E-state index < -0.39 is 0 Å². The van der Waals surface area contributed by atoms with Crippen molar-refractivity contribution in [1.82, 2.24) is 0 Å². The number of halogens is 2. The third-order valence-corrected chi connectivity index (χ3v) is 4.27. The quantitative estimate of drug-likeness (QED) is 0.549. The van der Waals surface area contributed by atoms with E-state index in [0.29, 0.717) is 0 Å². The van der Waals surface area contributed by atoms with Gasteiger partial charge in [0.15, 0.2) is 0 Å². The average molecular weight is 406 g/mol. The Balaban J connectivity index is 3.22. The molecule has 1 nitrogen and oxygen atoms in total. The molecule has 0 amide bonds. The minimum Gasteiger partial charge on any atom is -0.496 e.